The molecule has 1 N–H and O–H groups in total. The Hall–Kier alpha value is -3.55. The summed E-state index contributed by atoms with van der Waals surface area (Å²) in [5, 5.41) is 6.86. The second kappa shape index (κ2) is 5.82. The molecule has 3 heterocycles. The summed E-state index contributed by atoms with van der Waals surface area (Å²) >= 11 is 0. The van der Waals surface area contributed by atoms with E-state index in [0.29, 0.717) is 22.8 Å². The minimum atomic E-state index is -0.378. The van der Waals surface area contributed by atoms with Crippen LogP contribution in [0.1, 0.15) is 10.4 Å². The van der Waals surface area contributed by atoms with Crippen LogP contribution >= 0.6 is 0 Å². The predicted molar refractivity (Wildman–Crippen MR) is 90.0 cm³/mol. The number of nitrogens with one attached hydrogen (secondary N) is 1. The maximum absolute atomic E-state index is 13.4. The number of imidazole rings is 1. The van der Waals surface area contributed by atoms with Gasteiger partial charge in [0.25, 0.3) is 5.91 Å². The van der Waals surface area contributed by atoms with Crippen molar-refractivity contribution in [3.63, 3.8) is 0 Å². The molecule has 8 heteroatoms. The van der Waals surface area contributed by atoms with Gasteiger partial charge in [-0.2, -0.15) is 5.10 Å². The van der Waals surface area contributed by atoms with Gasteiger partial charge in [0.15, 0.2) is 5.82 Å². The van der Waals surface area contributed by atoms with Gasteiger partial charge in [0.05, 0.1) is 16.6 Å². The van der Waals surface area contributed by atoms with E-state index in [-0.39, 0.29) is 11.7 Å². The fourth-order valence-electron chi connectivity index (χ4n) is 2.60. The number of halogens is 1. The van der Waals surface area contributed by atoms with E-state index in [9.17, 15) is 9.18 Å². The van der Waals surface area contributed by atoms with E-state index < -0.39 is 0 Å². The largest absolute Gasteiger partial charge is 0.313 e. The number of hydrogen-bond acceptors (Lipinski definition) is 4. The lowest BCUT2D eigenvalue weighted by atomic mass is 10.2. The Balaban J connectivity index is 1.71. The van der Waals surface area contributed by atoms with Crippen molar-refractivity contribution in [3.8, 4) is 5.82 Å². The SMILES string of the molecule is Cn1c(NC(=O)c2cccnc2-n2cccn2)nc2cc(F)ccc21. The fraction of sp³-hybridized carbons (Fsp3) is 0.0588. The Morgan fingerprint density at radius 2 is 2.08 bits per heavy atom. The third kappa shape index (κ3) is 2.63. The van der Waals surface area contributed by atoms with Crippen molar-refractivity contribution in [2.45, 2.75) is 0 Å². The normalized spacial score (nSPS) is 11.0. The van der Waals surface area contributed by atoms with Crippen molar-refractivity contribution in [1.29, 1.82) is 0 Å². The lowest BCUT2D eigenvalue weighted by molar-refractivity contribution is 0.102. The van der Waals surface area contributed by atoms with Gasteiger partial charge in [-0.15, -0.1) is 0 Å². The number of rotatable bonds is 3. The predicted octanol–water partition coefficient (Wildman–Crippen LogP) is 2.55. The molecule has 1 aromatic carbocycles. The Kier molecular flexibility index (Phi) is 3.50. The number of nitrogens with zero attached hydrogens (tertiary/aromatic N) is 5. The molecule has 4 aromatic rings. The number of carbonyl (C=O) groups excluding carboxylic acids is 1. The average molecular weight is 336 g/mol. The Morgan fingerprint density at radius 3 is 2.88 bits per heavy atom. The van der Waals surface area contributed by atoms with E-state index in [2.05, 4.69) is 20.4 Å². The van der Waals surface area contributed by atoms with Gasteiger partial charge < -0.3 is 4.57 Å². The first kappa shape index (κ1) is 15.0. The van der Waals surface area contributed by atoms with Crippen LogP contribution in [0.3, 0.4) is 0 Å². The zero-order chi connectivity index (χ0) is 17.4. The fourth-order valence-corrected chi connectivity index (χ4v) is 2.60. The van der Waals surface area contributed by atoms with E-state index in [0.717, 1.165) is 5.52 Å². The molecule has 124 valence electrons. The number of benzene rings is 1. The maximum Gasteiger partial charge on any atom is 0.261 e. The molecule has 0 spiro atoms. The first-order chi connectivity index (χ1) is 12.1. The minimum absolute atomic E-state index is 0.320. The van der Waals surface area contributed by atoms with Gasteiger partial charge >= 0.3 is 0 Å². The summed E-state index contributed by atoms with van der Waals surface area (Å²) in [7, 11) is 1.75. The van der Waals surface area contributed by atoms with Gasteiger partial charge in [0.1, 0.15) is 5.82 Å². The first-order valence-electron chi connectivity index (χ1n) is 7.52. The van der Waals surface area contributed by atoms with Crippen molar-refractivity contribution in [2.75, 3.05) is 5.32 Å². The summed E-state index contributed by atoms with van der Waals surface area (Å²) in [6.07, 6.45) is 4.90. The number of pyridine rings is 1. The quantitative estimate of drug-likeness (QED) is 0.624. The van der Waals surface area contributed by atoms with Crippen molar-refractivity contribution in [3.05, 3.63) is 66.4 Å². The summed E-state index contributed by atoms with van der Waals surface area (Å²) in [6, 6.07) is 9.37. The van der Waals surface area contributed by atoms with Crippen LogP contribution in [-0.4, -0.2) is 30.2 Å². The molecule has 0 saturated carbocycles. The van der Waals surface area contributed by atoms with Gasteiger partial charge in [-0.25, -0.2) is 19.0 Å². The van der Waals surface area contributed by atoms with E-state index in [1.54, 1.807) is 54.5 Å². The smallest absolute Gasteiger partial charge is 0.261 e. The molecule has 0 radical (unpaired) electrons. The molecule has 0 atom stereocenters. The average Bonchev–Trinajstić information content (AvgIpc) is 3.24. The van der Waals surface area contributed by atoms with Crippen LogP contribution in [0.4, 0.5) is 10.3 Å². The van der Waals surface area contributed by atoms with E-state index >= 15 is 0 Å². The molecule has 1 amide bonds. The van der Waals surface area contributed by atoms with Crippen LogP contribution in [-0.2, 0) is 7.05 Å². The third-order valence-corrected chi connectivity index (χ3v) is 3.82. The molecule has 0 unspecified atom stereocenters. The standard InChI is InChI=1S/C17H13FN6O/c1-23-14-6-5-11(18)10-13(14)21-17(23)22-16(25)12-4-2-7-19-15(12)24-9-3-8-20-24/h2-10H,1H3,(H,21,22,25). The molecule has 0 aliphatic heterocycles. The van der Waals surface area contributed by atoms with Crippen molar-refractivity contribution in [1.82, 2.24) is 24.3 Å². The van der Waals surface area contributed by atoms with Gasteiger partial charge in [-0.1, -0.05) is 0 Å². The van der Waals surface area contributed by atoms with Crippen LogP contribution in [0, 0.1) is 5.82 Å². The molecule has 7 nitrogen and oxygen atoms in total. The number of fused-ring (bicyclic) bond motifs is 1. The number of aryl methyl sites for hydroxylation is 1. The lowest BCUT2D eigenvalue weighted by Gasteiger charge is -2.09. The van der Waals surface area contributed by atoms with Crippen LogP contribution in [0.15, 0.2) is 55.0 Å². The molecule has 4 rings (SSSR count). The molecule has 25 heavy (non-hydrogen) atoms. The van der Waals surface area contributed by atoms with Crippen LogP contribution in [0.2, 0.25) is 0 Å². The lowest BCUT2D eigenvalue weighted by Crippen LogP contribution is -2.18. The number of anilines is 1. The van der Waals surface area contributed by atoms with Gasteiger partial charge in [0, 0.05) is 31.7 Å². The Morgan fingerprint density at radius 1 is 1.20 bits per heavy atom. The third-order valence-electron chi connectivity index (χ3n) is 3.82. The van der Waals surface area contributed by atoms with Gasteiger partial charge in [0.2, 0.25) is 5.95 Å². The summed E-state index contributed by atoms with van der Waals surface area (Å²) in [4.78, 5) is 21.2. The molecule has 0 saturated heterocycles. The highest BCUT2D eigenvalue weighted by atomic mass is 19.1. The monoisotopic (exact) mass is 336 g/mol. The van der Waals surface area contributed by atoms with E-state index in [4.69, 9.17) is 0 Å². The molecule has 0 fully saturated rings. The molecular weight excluding hydrogens is 323 g/mol. The topological polar surface area (TPSA) is 77.6 Å². The number of carbonyl (C=O) groups is 1. The maximum atomic E-state index is 13.4. The Labute approximate surface area is 141 Å². The Bertz CT molecular complexity index is 1070. The van der Waals surface area contributed by atoms with Crippen LogP contribution < -0.4 is 5.32 Å². The van der Waals surface area contributed by atoms with Crippen molar-refractivity contribution >= 4 is 22.9 Å². The molecule has 0 aliphatic rings. The highest BCUT2D eigenvalue weighted by Gasteiger charge is 2.17. The molecular formula is C17H13FN6O. The van der Waals surface area contributed by atoms with Crippen molar-refractivity contribution < 1.29 is 9.18 Å². The molecule has 3 aromatic heterocycles. The number of hydrogen-bond donors (Lipinski definition) is 1. The minimum Gasteiger partial charge on any atom is -0.313 e. The summed E-state index contributed by atoms with van der Waals surface area (Å²) in [5.41, 5.74) is 1.54. The second-order valence-electron chi connectivity index (χ2n) is 5.41. The second-order valence-corrected chi connectivity index (χ2v) is 5.41. The summed E-state index contributed by atoms with van der Waals surface area (Å²) in [5.74, 6) is -0.0233. The highest BCUT2D eigenvalue weighted by Crippen LogP contribution is 2.20. The number of amides is 1. The zero-order valence-corrected chi connectivity index (χ0v) is 13.2. The first-order valence-corrected chi connectivity index (χ1v) is 7.52. The molecule has 0 aliphatic carbocycles. The zero-order valence-electron chi connectivity index (χ0n) is 13.2. The molecule has 0 bridgehead atoms. The highest BCUT2D eigenvalue weighted by molar-refractivity contribution is 6.06. The van der Waals surface area contributed by atoms with E-state index in [1.807, 2.05) is 0 Å². The summed E-state index contributed by atoms with van der Waals surface area (Å²) in [6.45, 7) is 0. The summed E-state index contributed by atoms with van der Waals surface area (Å²) < 4.78 is 16.6. The number of aromatic nitrogens is 5. The van der Waals surface area contributed by atoms with Crippen LogP contribution in [0.5, 0.6) is 0 Å². The van der Waals surface area contributed by atoms with Crippen molar-refractivity contribution in [2.24, 2.45) is 7.05 Å². The van der Waals surface area contributed by atoms with Crippen LogP contribution in [0.25, 0.3) is 16.9 Å². The van der Waals surface area contributed by atoms with Gasteiger partial charge in [-0.3, -0.25) is 10.1 Å². The van der Waals surface area contributed by atoms with E-state index in [1.165, 1.54) is 16.8 Å². The van der Waals surface area contributed by atoms with Gasteiger partial charge in [-0.05, 0) is 30.3 Å².